The number of hydrogen-bond donors (Lipinski definition) is 2. The first-order valence-electron chi connectivity index (χ1n) is 5.86. The van der Waals surface area contributed by atoms with Gasteiger partial charge in [0.15, 0.2) is 17.5 Å². The first-order chi connectivity index (χ1) is 10.0. The molecule has 0 aliphatic heterocycles. The van der Waals surface area contributed by atoms with Crippen molar-refractivity contribution in [3.05, 3.63) is 63.6 Å². The molecule has 2 aromatic carbocycles. The van der Waals surface area contributed by atoms with E-state index in [9.17, 15) is 8.78 Å². The Morgan fingerprint density at radius 3 is 2.76 bits per heavy atom. The molecular formula is C14H11BrF2N2O2. The molecule has 0 aromatic heterocycles. The fourth-order valence-electron chi connectivity index (χ4n) is 1.70. The number of oxime groups is 1. The predicted octanol–water partition coefficient (Wildman–Crippen LogP) is 3.40. The normalized spacial score (nSPS) is 11.5. The Bertz CT molecular complexity index is 693. The highest BCUT2D eigenvalue weighted by Gasteiger charge is 2.12. The van der Waals surface area contributed by atoms with Crippen LogP contribution in [-0.4, -0.2) is 11.0 Å². The predicted molar refractivity (Wildman–Crippen MR) is 77.3 cm³/mol. The van der Waals surface area contributed by atoms with E-state index in [1.807, 2.05) is 0 Å². The fraction of sp³-hybridized carbons (Fsp3) is 0.0714. The number of nitrogens with zero attached hydrogens (tertiary/aromatic N) is 1. The maximum absolute atomic E-state index is 13.5. The highest BCUT2D eigenvalue weighted by molar-refractivity contribution is 9.10. The van der Waals surface area contributed by atoms with Crippen molar-refractivity contribution >= 4 is 21.8 Å². The quantitative estimate of drug-likeness (QED) is 0.381. The van der Waals surface area contributed by atoms with Gasteiger partial charge in [-0.2, -0.15) is 0 Å². The lowest BCUT2D eigenvalue weighted by atomic mass is 10.2. The molecule has 0 heterocycles. The van der Waals surface area contributed by atoms with E-state index < -0.39 is 11.6 Å². The summed E-state index contributed by atoms with van der Waals surface area (Å²) in [7, 11) is 0. The summed E-state index contributed by atoms with van der Waals surface area (Å²) < 4.78 is 32.8. The first kappa shape index (κ1) is 15.2. The van der Waals surface area contributed by atoms with E-state index in [0.29, 0.717) is 10.0 Å². The largest absolute Gasteiger partial charge is 0.488 e. The van der Waals surface area contributed by atoms with E-state index >= 15 is 0 Å². The first-order valence-corrected chi connectivity index (χ1v) is 6.65. The topological polar surface area (TPSA) is 67.8 Å². The van der Waals surface area contributed by atoms with Crippen LogP contribution in [0.2, 0.25) is 0 Å². The van der Waals surface area contributed by atoms with Crippen molar-refractivity contribution in [1.29, 1.82) is 0 Å². The molecule has 0 saturated carbocycles. The monoisotopic (exact) mass is 356 g/mol. The standard InChI is InChI=1S/C14H11BrF2N2O2/c15-9-4-5-12(10(6-9)14(18)19-20)21-7-8-2-1-3-11(16)13(8)17/h1-6,20H,7H2,(H2,18,19). The van der Waals surface area contributed by atoms with Gasteiger partial charge in [0.05, 0.1) is 5.56 Å². The number of rotatable bonds is 4. The van der Waals surface area contributed by atoms with Gasteiger partial charge >= 0.3 is 0 Å². The second-order valence-corrected chi connectivity index (χ2v) is 5.04. The van der Waals surface area contributed by atoms with E-state index in [4.69, 9.17) is 15.7 Å². The maximum Gasteiger partial charge on any atom is 0.173 e. The van der Waals surface area contributed by atoms with E-state index in [1.54, 1.807) is 18.2 Å². The molecule has 0 unspecified atom stereocenters. The van der Waals surface area contributed by atoms with Crippen molar-refractivity contribution in [2.75, 3.05) is 0 Å². The zero-order valence-electron chi connectivity index (χ0n) is 10.7. The summed E-state index contributed by atoms with van der Waals surface area (Å²) in [5, 5.41) is 11.7. The van der Waals surface area contributed by atoms with Crippen molar-refractivity contribution < 1.29 is 18.7 Å². The van der Waals surface area contributed by atoms with Crippen LogP contribution in [0.25, 0.3) is 0 Å². The SMILES string of the molecule is N/C(=N/O)c1cc(Br)ccc1OCc1cccc(F)c1F. The van der Waals surface area contributed by atoms with Gasteiger partial charge in [-0.25, -0.2) is 8.78 Å². The molecule has 0 saturated heterocycles. The molecule has 7 heteroatoms. The molecule has 21 heavy (non-hydrogen) atoms. The summed E-state index contributed by atoms with van der Waals surface area (Å²) in [6.45, 7) is -0.184. The number of hydrogen-bond acceptors (Lipinski definition) is 3. The van der Waals surface area contributed by atoms with Crippen LogP contribution in [0.3, 0.4) is 0 Å². The minimum absolute atomic E-state index is 0.0726. The summed E-state index contributed by atoms with van der Waals surface area (Å²) in [6.07, 6.45) is 0. The fourth-order valence-corrected chi connectivity index (χ4v) is 2.06. The van der Waals surface area contributed by atoms with Crippen LogP contribution < -0.4 is 10.5 Å². The second kappa shape index (κ2) is 6.53. The molecular weight excluding hydrogens is 346 g/mol. The zero-order valence-corrected chi connectivity index (χ0v) is 12.3. The van der Waals surface area contributed by atoms with Gasteiger partial charge < -0.3 is 15.7 Å². The van der Waals surface area contributed by atoms with Crippen molar-refractivity contribution in [1.82, 2.24) is 0 Å². The molecule has 0 radical (unpaired) electrons. The van der Waals surface area contributed by atoms with Crippen LogP contribution in [0.4, 0.5) is 8.78 Å². The van der Waals surface area contributed by atoms with Gasteiger partial charge in [-0.1, -0.05) is 33.2 Å². The molecule has 110 valence electrons. The van der Waals surface area contributed by atoms with Gasteiger partial charge in [0, 0.05) is 10.0 Å². The summed E-state index contributed by atoms with van der Waals surface area (Å²) in [6, 6.07) is 8.69. The molecule has 0 atom stereocenters. The lowest BCUT2D eigenvalue weighted by Crippen LogP contribution is -2.15. The molecule has 4 nitrogen and oxygen atoms in total. The molecule has 2 rings (SSSR count). The van der Waals surface area contributed by atoms with E-state index in [0.717, 1.165) is 6.07 Å². The van der Waals surface area contributed by atoms with Crippen LogP contribution >= 0.6 is 15.9 Å². The van der Waals surface area contributed by atoms with Crippen molar-refractivity contribution in [3.63, 3.8) is 0 Å². The third-order valence-corrected chi connectivity index (χ3v) is 3.23. The Hall–Kier alpha value is -2.15. The highest BCUT2D eigenvalue weighted by atomic mass is 79.9. The smallest absolute Gasteiger partial charge is 0.173 e. The number of nitrogens with two attached hydrogens (primary N) is 1. The van der Waals surface area contributed by atoms with Crippen LogP contribution in [0, 0.1) is 11.6 Å². The second-order valence-electron chi connectivity index (χ2n) is 4.13. The minimum Gasteiger partial charge on any atom is -0.488 e. The maximum atomic E-state index is 13.5. The molecule has 0 bridgehead atoms. The average molecular weight is 357 g/mol. The zero-order chi connectivity index (χ0) is 15.4. The Morgan fingerprint density at radius 1 is 1.29 bits per heavy atom. The summed E-state index contributed by atoms with van der Waals surface area (Å²) >= 11 is 3.25. The number of benzene rings is 2. The Labute approximate surface area is 128 Å². The summed E-state index contributed by atoms with van der Waals surface area (Å²) in [4.78, 5) is 0. The van der Waals surface area contributed by atoms with Gasteiger partial charge in [-0.05, 0) is 24.3 Å². The summed E-state index contributed by atoms with van der Waals surface area (Å²) in [5.74, 6) is -1.76. The molecule has 0 aliphatic rings. The van der Waals surface area contributed by atoms with Gasteiger partial charge in [-0.15, -0.1) is 0 Å². The van der Waals surface area contributed by atoms with Gasteiger partial charge in [0.1, 0.15) is 12.4 Å². The molecule has 0 amide bonds. The summed E-state index contributed by atoms with van der Waals surface area (Å²) in [5.41, 5.74) is 5.96. The third kappa shape index (κ3) is 3.49. The lowest BCUT2D eigenvalue weighted by Gasteiger charge is -2.11. The third-order valence-electron chi connectivity index (χ3n) is 2.74. The lowest BCUT2D eigenvalue weighted by molar-refractivity contribution is 0.295. The highest BCUT2D eigenvalue weighted by Crippen LogP contribution is 2.24. The molecule has 3 N–H and O–H groups in total. The molecule has 0 aliphatic carbocycles. The number of amidine groups is 1. The van der Waals surface area contributed by atoms with E-state index in [1.165, 1.54) is 12.1 Å². The van der Waals surface area contributed by atoms with Crippen LogP contribution in [0.15, 0.2) is 46.0 Å². The van der Waals surface area contributed by atoms with Crippen molar-refractivity contribution in [2.24, 2.45) is 10.9 Å². The van der Waals surface area contributed by atoms with Crippen LogP contribution in [0.1, 0.15) is 11.1 Å². The molecule has 0 fully saturated rings. The van der Waals surface area contributed by atoms with Crippen LogP contribution in [-0.2, 0) is 6.61 Å². The molecule has 2 aromatic rings. The van der Waals surface area contributed by atoms with Gasteiger partial charge in [0.2, 0.25) is 0 Å². The van der Waals surface area contributed by atoms with Crippen molar-refractivity contribution in [3.8, 4) is 5.75 Å². The average Bonchev–Trinajstić information content (AvgIpc) is 2.49. The Balaban J connectivity index is 2.26. The van der Waals surface area contributed by atoms with Gasteiger partial charge in [-0.3, -0.25) is 0 Å². The van der Waals surface area contributed by atoms with E-state index in [2.05, 4.69) is 21.1 Å². The Morgan fingerprint density at radius 2 is 2.05 bits per heavy atom. The van der Waals surface area contributed by atoms with E-state index in [-0.39, 0.29) is 23.8 Å². The number of ether oxygens (including phenoxy) is 1. The van der Waals surface area contributed by atoms with Crippen molar-refractivity contribution in [2.45, 2.75) is 6.61 Å². The Kier molecular flexibility index (Phi) is 4.74. The number of halogens is 3. The molecule has 0 spiro atoms. The van der Waals surface area contributed by atoms with Gasteiger partial charge in [0.25, 0.3) is 0 Å². The minimum atomic E-state index is -0.958. The van der Waals surface area contributed by atoms with Crippen LogP contribution in [0.5, 0.6) is 5.75 Å².